The van der Waals surface area contributed by atoms with Crippen LogP contribution in [0.4, 0.5) is 10.7 Å². The smallest absolute Gasteiger partial charge is 0.257 e. The van der Waals surface area contributed by atoms with Crippen LogP contribution in [0.25, 0.3) is 0 Å². The van der Waals surface area contributed by atoms with Crippen molar-refractivity contribution in [2.75, 3.05) is 11.1 Å². The van der Waals surface area contributed by atoms with Gasteiger partial charge in [-0.05, 0) is 31.5 Å². The predicted octanol–water partition coefficient (Wildman–Crippen LogP) is 3.72. The molecule has 0 unspecified atom stereocenters. The Morgan fingerprint density at radius 3 is 2.80 bits per heavy atom. The second kappa shape index (κ2) is 5.53. The summed E-state index contributed by atoms with van der Waals surface area (Å²) in [5, 5.41) is 12.6. The van der Waals surface area contributed by atoms with Crippen LogP contribution in [0.3, 0.4) is 0 Å². The summed E-state index contributed by atoms with van der Waals surface area (Å²) < 4.78 is 0. The van der Waals surface area contributed by atoms with Crippen LogP contribution in [0.2, 0.25) is 5.02 Å². The Bertz CT molecular complexity index is 731. The van der Waals surface area contributed by atoms with Crippen LogP contribution in [-0.4, -0.2) is 5.91 Å². The van der Waals surface area contributed by atoms with Gasteiger partial charge in [0.2, 0.25) is 0 Å². The first kappa shape index (κ1) is 14.4. The molecule has 2 rings (SSSR count). The van der Waals surface area contributed by atoms with Crippen molar-refractivity contribution < 1.29 is 4.79 Å². The van der Waals surface area contributed by atoms with Gasteiger partial charge in [-0.25, -0.2) is 0 Å². The third kappa shape index (κ3) is 2.48. The molecule has 0 fully saturated rings. The zero-order valence-electron chi connectivity index (χ0n) is 11.0. The molecule has 0 aliphatic rings. The highest BCUT2D eigenvalue weighted by Crippen LogP contribution is 2.32. The maximum Gasteiger partial charge on any atom is 0.257 e. The number of rotatable bonds is 2. The molecule has 102 valence electrons. The normalized spacial score (nSPS) is 10.1. The Kier molecular flexibility index (Phi) is 3.98. The largest absolute Gasteiger partial charge is 0.398 e. The van der Waals surface area contributed by atoms with Crippen molar-refractivity contribution >= 4 is 39.5 Å². The minimum atomic E-state index is -0.375. The van der Waals surface area contributed by atoms with Crippen molar-refractivity contribution in [3.05, 3.63) is 44.8 Å². The molecule has 3 N–H and O–H groups in total. The molecule has 1 aromatic heterocycles. The Balaban J connectivity index is 2.36. The van der Waals surface area contributed by atoms with Gasteiger partial charge in [0.05, 0.1) is 21.8 Å². The zero-order valence-corrected chi connectivity index (χ0v) is 12.5. The average molecular weight is 306 g/mol. The number of nitrogens with zero attached hydrogens (tertiary/aromatic N) is 1. The Labute approximate surface area is 125 Å². The molecule has 0 bridgehead atoms. The van der Waals surface area contributed by atoms with Crippen LogP contribution < -0.4 is 11.1 Å². The van der Waals surface area contributed by atoms with Crippen molar-refractivity contribution in [2.24, 2.45) is 0 Å². The van der Waals surface area contributed by atoms with Gasteiger partial charge in [-0.15, -0.1) is 11.3 Å². The van der Waals surface area contributed by atoms with Crippen molar-refractivity contribution in [1.29, 1.82) is 5.26 Å². The molecule has 4 nitrogen and oxygen atoms in total. The van der Waals surface area contributed by atoms with Crippen molar-refractivity contribution in [1.82, 2.24) is 0 Å². The first-order valence-electron chi connectivity index (χ1n) is 5.81. The molecule has 6 heteroatoms. The third-order valence-corrected chi connectivity index (χ3v) is 4.54. The number of nitrogens with one attached hydrogen (secondary N) is 1. The molecule has 0 saturated heterocycles. The number of halogens is 1. The van der Waals surface area contributed by atoms with E-state index in [-0.39, 0.29) is 10.9 Å². The van der Waals surface area contributed by atoms with Crippen LogP contribution in [0.1, 0.15) is 26.4 Å². The van der Waals surface area contributed by atoms with Crippen molar-refractivity contribution in [2.45, 2.75) is 13.8 Å². The molecule has 2 aromatic rings. The number of nitriles is 1. The summed E-state index contributed by atoms with van der Waals surface area (Å²) in [6.45, 7) is 3.76. The van der Waals surface area contributed by atoms with Crippen molar-refractivity contribution in [3.63, 3.8) is 0 Å². The number of aryl methyl sites for hydroxylation is 1. The van der Waals surface area contributed by atoms with Gasteiger partial charge in [-0.3, -0.25) is 4.79 Å². The van der Waals surface area contributed by atoms with Gasteiger partial charge in [-0.2, -0.15) is 5.26 Å². The maximum absolute atomic E-state index is 12.2. The number of nitrogens with two attached hydrogens (primary N) is 1. The molecule has 0 atom stereocenters. The highest BCUT2D eigenvalue weighted by atomic mass is 35.5. The van der Waals surface area contributed by atoms with Gasteiger partial charge in [0.25, 0.3) is 5.91 Å². The Morgan fingerprint density at radius 1 is 1.45 bits per heavy atom. The van der Waals surface area contributed by atoms with Gasteiger partial charge in [0.15, 0.2) is 0 Å². The molecule has 1 amide bonds. The maximum atomic E-state index is 12.2. The van der Waals surface area contributed by atoms with E-state index >= 15 is 0 Å². The average Bonchev–Trinajstić information content (AvgIpc) is 2.67. The number of amides is 1. The number of hydrogen-bond acceptors (Lipinski definition) is 4. The zero-order chi connectivity index (χ0) is 14.9. The first-order valence-corrected chi connectivity index (χ1v) is 7.00. The number of hydrogen-bond donors (Lipinski definition) is 2. The highest BCUT2D eigenvalue weighted by Gasteiger charge is 2.17. The standard InChI is InChI=1S/C14H12ClN3OS/c1-7-8(2)20-14(10(7)6-16)18-13(19)9-4-3-5-11(17)12(9)15/h3-5H,17H2,1-2H3,(H,18,19). The number of carbonyl (C=O) groups is 1. The van der Waals surface area contributed by atoms with E-state index in [1.165, 1.54) is 11.3 Å². The summed E-state index contributed by atoms with van der Waals surface area (Å²) in [6, 6.07) is 6.98. The van der Waals surface area contributed by atoms with Gasteiger partial charge >= 0.3 is 0 Å². The molecule has 1 heterocycles. The summed E-state index contributed by atoms with van der Waals surface area (Å²) in [5.41, 5.74) is 7.68. The summed E-state index contributed by atoms with van der Waals surface area (Å²) in [5.74, 6) is -0.375. The fourth-order valence-corrected chi connectivity index (χ4v) is 2.96. The predicted molar refractivity (Wildman–Crippen MR) is 82.3 cm³/mol. The molecule has 20 heavy (non-hydrogen) atoms. The quantitative estimate of drug-likeness (QED) is 0.830. The molecule has 1 aromatic carbocycles. The monoisotopic (exact) mass is 305 g/mol. The number of benzene rings is 1. The van der Waals surface area contributed by atoms with E-state index < -0.39 is 0 Å². The van der Waals surface area contributed by atoms with Crippen molar-refractivity contribution in [3.8, 4) is 6.07 Å². The van der Waals surface area contributed by atoms with Gasteiger partial charge in [0, 0.05) is 4.88 Å². The van der Waals surface area contributed by atoms with Gasteiger partial charge < -0.3 is 11.1 Å². The fourth-order valence-electron chi connectivity index (χ4n) is 1.75. The van der Waals surface area contributed by atoms with Crippen LogP contribution in [0, 0.1) is 25.2 Å². The summed E-state index contributed by atoms with van der Waals surface area (Å²) >= 11 is 7.39. The second-order valence-corrected chi connectivity index (χ2v) is 5.86. The number of nitrogen functional groups attached to an aromatic ring is 1. The molecule has 0 spiro atoms. The Hall–Kier alpha value is -2.03. The number of thiophene rings is 1. The molecule has 0 saturated carbocycles. The number of carbonyl (C=O) groups excluding carboxylic acids is 1. The molecular formula is C14H12ClN3OS. The first-order chi connectivity index (χ1) is 9.45. The fraction of sp³-hybridized carbons (Fsp3) is 0.143. The van der Waals surface area contributed by atoms with E-state index in [2.05, 4.69) is 11.4 Å². The van der Waals surface area contributed by atoms with E-state index in [0.717, 1.165) is 10.4 Å². The van der Waals surface area contributed by atoms with Crippen LogP contribution in [0.15, 0.2) is 18.2 Å². The van der Waals surface area contributed by atoms with E-state index in [9.17, 15) is 4.79 Å². The lowest BCUT2D eigenvalue weighted by atomic mass is 10.1. The lowest BCUT2D eigenvalue weighted by molar-refractivity contribution is 0.102. The lowest BCUT2D eigenvalue weighted by Crippen LogP contribution is -2.13. The minimum Gasteiger partial charge on any atom is -0.398 e. The van der Waals surface area contributed by atoms with Crippen LogP contribution in [-0.2, 0) is 0 Å². The highest BCUT2D eigenvalue weighted by molar-refractivity contribution is 7.16. The summed E-state index contributed by atoms with van der Waals surface area (Å²) in [4.78, 5) is 13.2. The Morgan fingerprint density at radius 2 is 2.15 bits per heavy atom. The molecule has 0 aliphatic heterocycles. The SMILES string of the molecule is Cc1sc(NC(=O)c2cccc(N)c2Cl)c(C#N)c1C. The topological polar surface area (TPSA) is 78.9 Å². The van der Waals surface area contributed by atoms with E-state index in [1.54, 1.807) is 18.2 Å². The van der Waals surface area contributed by atoms with Crippen LogP contribution >= 0.6 is 22.9 Å². The minimum absolute atomic E-state index is 0.216. The van der Waals surface area contributed by atoms with E-state index in [1.807, 2.05) is 13.8 Å². The summed E-state index contributed by atoms with van der Waals surface area (Å²) in [6.07, 6.45) is 0. The second-order valence-electron chi connectivity index (χ2n) is 4.26. The lowest BCUT2D eigenvalue weighted by Gasteiger charge is -2.07. The molecule has 0 aliphatic carbocycles. The molecule has 0 radical (unpaired) electrons. The van der Waals surface area contributed by atoms with E-state index in [0.29, 0.717) is 21.8 Å². The summed E-state index contributed by atoms with van der Waals surface area (Å²) in [7, 11) is 0. The third-order valence-electron chi connectivity index (χ3n) is 3.00. The molecular weight excluding hydrogens is 294 g/mol. The van der Waals surface area contributed by atoms with E-state index in [4.69, 9.17) is 22.6 Å². The number of anilines is 2. The van der Waals surface area contributed by atoms with Gasteiger partial charge in [-0.1, -0.05) is 17.7 Å². The van der Waals surface area contributed by atoms with Gasteiger partial charge in [0.1, 0.15) is 11.1 Å². The van der Waals surface area contributed by atoms with Crippen LogP contribution in [0.5, 0.6) is 0 Å².